The third-order valence-electron chi connectivity index (χ3n) is 3.28. The van der Waals surface area contributed by atoms with Gasteiger partial charge in [0.2, 0.25) is 0 Å². The van der Waals surface area contributed by atoms with Crippen molar-refractivity contribution in [2.24, 2.45) is 0 Å². The number of hydrogen-bond acceptors (Lipinski definition) is 6. The number of rotatable bonds is 12. The van der Waals surface area contributed by atoms with Crippen molar-refractivity contribution in [1.82, 2.24) is 15.0 Å². The first kappa shape index (κ1) is 22.0. The minimum absolute atomic E-state index is 0.0217. The van der Waals surface area contributed by atoms with Crippen molar-refractivity contribution in [2.75, 3.05) is 46.2 Å². The van der Waals surface area contributed by atoms with Crippen molar-refractivity contribution in [3.63, 3.8) is 0 Å². The fraction of sp³-hybridized carbons (Fsp3) is 0.889. The molecule has 0 bridgehead atoms. The van der Waals surface area contributed by atoms with Gasteiger partial charge in [-0.15, -0.1) is 5.10 Å². The number of aromatic nitrogens is 3. The Hall–Kier alpha value is -1.02. The molecule has 0 amide bonds. The molecule has 0 spiro atoms. The predicted octanol–water partition coefficient (Wildman–Crippen LogP) is 2.44. The highest BCUT2D eigenvalue weighted by atomic mass is 16.6. The lowest BCUT2D eigenvalue weighted by molar-refractivity contribution is -0.0451. The lowest BCUT2D eigenvalue weighted by Gasteiger charge is -2.19. The molecule has 1 heterocycles. The molecular formula is C18H35N3O4. The van der Waals surface area contributed by atoms with E-state index < -0.39 is 0 Å². The Morgan fingerprint density at radius 3 is 1.80 bits per heavy atom. The van der Waals surface area contributed by atoms with E-state index in [4.69, 9.17) is 18.9 Å². The molecule has 7 heteroatoms. The zero-order valence-electron chi connectivity index (χ0n) is 16.7. The van der Waals surface area contributed by atoms with Crippen LogP contribution in [0, 0.1) is 0 Å². The molecule has 0 aliphatic rings. The van der Waals surface area contributed by atoms with E-state index in [0.717, 1.165) is 5.69 Å². The second kappa shape index (κ2) is 10.9. The number of hydrogen-bond donors (Lipinski definition) is 0. The Bertz CT molecular complexity index is 464. The van der Waals surface area contributed by atoms with E-state index in [1.54, 1.807) is 0 Å². The molecule has 0 saturated heterocycles. The van der Waals surface area contributed by atoms with Gasteiger partial charge in [-0.05, 0) is 20.8 Å². The van der Waals surface area contributed by atoms with Crippen LogP contribution in [0.2, 0.25) is 0 Å². The molecule has 146 valence electrons. The molecule has 0 aliphatic heterocycles. The summed E-state index contributed by atoms with van der Waals surface area (Å²) in [4.78, 5) is 0. The standard InChI is InChI=1S/C18H35N3O4/c1-17(2,3)16-15-21(20-19-16)7-8-22-9-10-23-11-12-24-13-14-25-18(4,5)6/h15H,7-14H2,1-6H3. The Morgan fingerprint density at radius 2 is 1.32 bits per heavy atom. The van der Waals surface area contributed by atoms with E-state index in [2.05, 4.69) is 31.1 Å². The first-order valence-corrected chi connectivity index (χ1v) is 8.96. The average molecular weight is 357 g/mol. The highest BCUT2D eigenvalue weighted by Gasteiger charge is 2.17. The van der Waals surface area contributed by atoms with Crippen LogP contribution in [0.1, 0.15) is 47.2 Å². The molecule has 0 aliphatic carbocycles. The Morgan fingerprint density at radius 1 is 0.800 bits per heavy atom. The van der Waals surface area contributed by atoms with Gasteiger partial charge in [0.05, 0.1) is 64.1 Å². The summed E-state index contributed by atoms with van der Waals surface area (Å²) in [5, 5.41) is 8.29. The maximum Gasteiger partial charge on any atom is 0.0880 e. The molecule has 1 aromatic heterocycles. The molecule has 0 fully saturated rings. The molecule has 0 atom stereocenters. The summed E-state index contributed by atoms with van der Waals surface area (Å²) >= 11 is 0. The molecule has 0 saturated carbocycles. The van der Waals surface area contributed by atoms with Gasteiger partial charge >= 0.3 is 0 Å². The van der Waals surface area contributed by atoms with Gasteiger partial charge in [-0.2, -0.15) is 0 Å². The third kappa shape index (κ3) is 11.3. The normalized spacial score (nSPS) is 12.7. The fourth-order valence-electron chi connectivity index (χ4n) is 1.86. The van der Waals surface area contributed by atoms with Crippen LogP contribution in [0.3, 0.4) is 0 Å². The van der Waals surface area contributed by atoms with E-state index >= 15 is 0 Å². The van der Waals surface area contributed by atoms with Crippen molar-refractivity contribution in [2.45, 2.75) is 59.1 Å². The smallest absolute Gasteiger partial charge is 0.0880 e. The fourth-order valence-corrected chi connectivity index (χ4v) is 1.86. The summed E-state index contributed by atoms with van der Waals surface area (Å²) in [5.74, 6) is 0. The molecule has 0 N–H and O–H groups in total. The zero-order valence-corrected chi connectivity index (χ0v) is 16.7. The summed E-state index contributed by atoms with van der Waals surface area (Å²) in [6.07, 6.45) is 1.97. The molecular weight excluding hydrogens is 322 g/mol. The van der Waals surface area contributed by atoms with Crippen molar-refractivity contribution < 1.29 is 18.9 Å². The average Bonchev–Trinajstić information content (AvgIpc) is 2.96. The van der Waals surface area contributed by atoms with Crippen molar-refractivity contribution in [1.29, 1.82) is 0 Å². The van der Waals surface area contributed by atoms with Crippen molar-refractivity contribution in [3.8, 4) is 0 Å². The lowest BCUT2D eigenvalue weighted by atomic mass is 9.93. The minimum Gasteiger partial charge on any atom is -0.377 e. The van der Waals surface area contributed by atoms with Crippen LogP contribution in [-0.2, 0) is 30.9 Å². The topological polar surface area (TPSA) is 67.6 Å². The Kier molecular flexibility index (Phi) is 9.56. The quantitative estimate of drug-likeness (QED) is 0.535. The molecule has 0 unspecified atom stereocenters. The molecule has 0 aromatic carbocycles. The van der Waals surface area contributed by atoms with E-state index in [9.17, 15) is 0 Å². The zero-order chi connectivity index (χ0) is 18.8. The number of nitrogens with zero attached hydrogens (tertiary/aromatic N) is 3. The molecule has 7 nitrogen and oxygen atoms in total. The second-order valence-electron chi connectivity index (χ2n) is 7.91. The van der Waals surface area contributed by atoms with Gasteiger partial charge in [0.1, 0.15) is 0 Å². The highest BCUT2D eigenvalue weighted by Crippen LogP contribution is 2.18. The first-order chi connectivity index (χ1) is 11.7. The van der Waals surface area contributed by atoms with Crippen LogP contribution in [0.15, 0.2) is 6.20 Å². The maximum atomic E-state index is 5.56. The third-order valence-corrected chi connectivity index (χ3v) is 3.28. The summed E-state index contributed by atoms with van der Waals surface area (Å²) in [6, 6.07) is 0. The van der Waals surface area contributed by atoms with Crippen LogP contribution >= 0.6 is 0 Å². The van der Waals surface area contributed by atoms with Gasteiger partial charge in [-0.3, -0.25) is 0 Å². The molecule has 1 aromatic rings. The van der Waals surface area contributed by atoms with Gasteiger partial charge in [-0.1, -0.05) is 26.0 Å². The maximum absolute atomic E-state index is 5.56. The largest absolute Gasteiger partial charge is 0.377 e. The summed E-state index contributed by atoms with van der Waals surface area (Å²) < 4.78 is 23.8. The van der Waals surface area contributed by atoms with Crippen molar-refractivity contribution in [3.05, 3.63) is 11.9 Å². The van der Waals surface area contributed by atoms with Gasteiger partial charge in [0.15, 0.2) is 0 Å². The summed E-state index contributed by atoms with van der Waals surface area (Å²) in [7, 11) is 0. The van der Waals surface area contributed by atoms with Crippen LogP contribution in [0.5, 0.6) is 0 Å². The molecule has 1 rings (SSSR count). The SMILES string of the molecule is CC(C)(C)OCCOCCOCCOCCn1cc(C(C)(C)C)nn1. The van der Waals surface area contributed by atoms with Gasteiger partial charge in [0, 0.05) is 11.6 Å². The summed E-state index contributed by atoms with van der Waals surface area (Å²) in [5.41, 5.74) is 0.898. The van der Waals surface area contributed by atoms with Crippen molar-refractivity contribution >= 4 is 0 Å². The van der Waals surface area contributed by atoms with E-state index in [-0.39, 0.29) is 11.0 Å². The van der Waals surface area contributed by atoms with Crippen LogP contribution in [0.4, 0.5) is 0 Å². The van der Waals surface area contributed by atoms with Gasteiger partial charge in [0.25, 0.3) is 0 Å². The van der Waals surface area contributed by atoms with E-state index in [1.165, 1.54) is 0 Å². The monoisotopic (exact) mass is 357 g/mol. The second-order valence-corrected chi connectivity index (χ2v) is 7.91. The molecule has 25 heavy (non-hydrogen) atoms. The highest BCUT2D eigenvalue weighted by molar-refractivity contribution is 5.06. The lowest BCUT2D eigenvalue weighted by Crippen LogP contribution is -2.22. The Balaban J connectivity index is 1.90. The number of ether oxygens (including phenoxy) is 4. The van der Waals surface area contributed by atoms with E-state index in [1.807, 2.05) is 31.6 Å². The van der Waals surface area contributed by atoms with Crippen LogP contribution < -0.4 is 0 Å². The Labute approximate surface area is 152 Å². The van der Waals surface area contributed by atoms with Gasteiger partial charge in [-0.25, -0.2) is 4.68 Å². The van der Waals surface area contributed by atoms with E-state index in [0.29, 0.717) is 52.8 Å². The predicted molar refractivity (Wildman–Crippen MR) is 96.9 cm³/mol. The van der Waals surface area contributed by atoms with Crippen LogP contribution in [0.25, 0.3) is 0 Å². The van der Waals surface area contributed by atoms with Crippen LogP contribution in [-0.4, -0.2) is 66.8 Å². The summed E-state index contributed by atoms with van der Waals surface area (Å²) in [6.45, 7) is 17.2. The van der Waals surface area contributed by atoms with Gasteiger partial charge < -0.3 is 18.9 Å². The first-order valence-electron chi connectivity index (χ1n) is 8.96. The minimum atomic E-state index is -0.113. The molecule has 0 radical (unpaired) electrons.